The Morgan fingerprint density at radius 1 is 0.966 bits per heavy atom. The smallest absolute Gasteiger partial charge is 0.267 e. The summed E-state index contributed by atoms with van der Waals surface area (Å²) in [6.45, 7) is 0.789. The lowest BCUT2D eigenvalue weighted by atomic mass is 9.97. The molecular weight excluding hydrogens is 362 g/mol. The Morgan fingerprint density at radius 3 is 2.48 bits per heavy atom. The van der Waals surface area contributed by atoms with E-state index in [0.29, 0.717) is 19.5 Å². The molecule has 4 rings (SSSR count). The molecular formula is C24H25N3O2. The van der Waals surface area contributed by atoms with E-state index in [1.165, 1.54) is 4.68 Å². The average molecular weight is 387 g/mol. The Morgan fingerprint density at radius 2 is 1.69 bits per heavy atom. The van der Waals surface area contributed by atoms with Crippen LogP contribution in [-0.4, -0.2) is 22.2 Å². The predicted octanol–water partition coefficient (Wildman–Crippen LogP) is 3.15. The molecule has 0 saturated carbocycles. The molecule has 1 aromatic heterocycles. The van der Waals surface area contributed by atoms with E-state index in [9.17, 15) is 9.59 Å². The van der Waals surface area contributed by atoms with Crippen LogP contribution in [-0.2, 0) is 30.6 Å². The molecule has 0 aliphatic heterocycles. The molecule has 0 unspecified atom stereocenters. The van der Waals surface area contributed by atoms with Crippen LogP contribution in [0.3, 0.4) is 0 Å². The Balaban J connectivity index is 1.30. The Labute approximate surface area is 170 Å². The summed E-state index contributed by atoms with van der Waals surface area (Å²) in [7, 11) is 0. The van der Waals surface area contributed by atoms with E-state index in [1.54, 1.807) is 6.07 Å². The monoisotopic (exact) mass is 387 g/mol. The molecule has 0 saturated heterocycles. The molecule has 29 heavy (non-hydrogen) atoms. The quantitative estimate of drug-likeness (QED) is 0.707. The minimum absolute atomic E-state index is 0.0523. The lowest BCUT2D eigenvalue weighted by Gasteiger charge is -2.16. The number of carbonyl (C=O) groups excluding carboxylic acids is 1. The molecule has 148 valence electrons. The molecule has 0 radical (unpaired) electrons. The number of aryl methyl sites for hydroxylation is 2. The fourth-order valence-corrected chi connectivity index (χ4v) is 3.76. The summed E-state index contributed by atoms with van der Waals surface area (Å²) in [6.07, 6.45) is 4.44. The summed E-state index contributed by atoms with van der Waals surface area (Å²) in [4.78, 5) is 24.5. The lowest BCUT2D eigenvalue weighted by Crippen LogP contribution is -2.33. The number of amides is 1. The standard InChI is InChI=1S/C24H25N3O2/c28-23(16-18-10-12-20(13-11-18)19-6-2-1-3-7-19)25-14-15-27-24(29)17-21-8-4-5-9-22(21)26-27/h1-3,6-7,10-13,17H,4-5,8-9,14-16H2,(H,25,28). The van der Waals surface area contributed by atoms with Gasteiger partial charge in [-0.2, -0.15) is 5.10 Å². The lowest BCUT2D eigenvalue weighted by molar-refractivity contribution is -0.120. The van der Waals surface area contributed by atoms with Gasteiger partial charge in [-0.15, -0.1) is 0 Å². The molecule has 0 bridgehead atoms. The van der Waals surface area contributed by atoms with E-state index in [0.717, 1.165) is 53.6 Å². The van der Waals surface area contributed by atoms with Crippen molar-refractivity contribution in [2.75, 3.05) is 6.54 Å². The zero-order chi connectivity index (χ0) is 20.1. The van der Waals surface area contributed by atoms with Crippen molar-refractivity contribution in [3.63, 3.8) is 0 Å². The van der Waals surface area contributed by atoms with E-state index in [1.807, 2.05) is 42.5 Å². The fourth-order valence-electron chi connectivity index (χ4n) is 3.76. The van der Waals surface area contributed by atoms with E-state index >= 15 is 0 Å². The van der Waals surface area contributed by atoms with Gasteiger partial charge in [-0.3, -0.25) is 9.59 Å². The largest absolute Gasteiger partial charge is 0.354 e. The van der Waals surface area contributed by atoms with Crippen molar-refractivity contribution in [1.82, 2.24) is 15.1 Å². The second-order valence-electron chi connectivity index (χ2n) is 7.47. The van der Waals surface area contributed by atoms with Gasteiger partial charge in [-0.1, -0.05) is 54.6 Å². The molecule has 3 aromatic rings. The maximum Gasteiger partial charge on any atom is 0.267 e. The third kappa shape index (κ3) is 4.80. The zero-order valence-corrected chi connectivity index (χ0v) is 16.4. The van der Waals surface area contributed by atoms with Gasteiger partial charge in [-0.25, -0.2) is 4.68 Å². The third-order valence-corrected chi connectivity index (χ3v) is 5.35. The molecule has 2 aromatic carbocycles. The van der Waals surface area contributed by atoms with Gasteiger partial charge in [-0.05, 0) is 47.9 Å². The van der Waals surface area contributed by atoms with E-state index in [-0.39, 0.29) is 11.5 Å². The molecule has 1 heterocycles. The van der Waals surface area contributed by atoms with Crippen LogP contribution in [0.2, 0.25) is 0 Å². The molecule has 0 spiro atoms. The van der Waals surface area contributed by atoms with E-state index in [2.05, 4.69) is 22.5 Å². The highest BCUT2D eigenvalue weighted by molar-refractivity contribution is 5.78. The number of fused-ring (bicyclic) bond motifs is 1. The SMILES string of the molecule is O=C(Cc1ccc(-c2ccccc2)cc1)NCCn1nc2c(cc1=O)CCCC2. The van der Waals surface area contributed by atoms with Crippen molar-refractivity contribution in [1.29, 1.82) is 0 Å². The number of hydrogen-bond acceptors (Lipinski definition) is 3. The third-order valence-electron chi connectivity index (χ3n) is 5.35. The van der Waals surface area contributed by atoms with Crippen LogP contribution in [0.5, 0.6) is 0 Å². The van der Waals surface area contributed by atoms with Gasteiger partial charge in [0, 0.05) is 12.6 Å². The number of carbonyl (C=O) groups is 1. The second-order valence-corrected chi connectivity index (χ2v) is 7.47. The van der Waals surface area contributed by atoms with Crippen LogP contribution in [0, 0.1) is 0 Å². The number of benzene rings is 2. The number of rotatable bonds is 6. The topological polar surface area (TPSA) is 64.0 Å². The van der Waals surface area contributed by atoms with Crippen LogP contribution in [0.25, 0.3) is 11.1 Å². The normalized spacial score (nSPS) is 13.0. The minimum atomic E-state index is -0.0867. The van der Waals surface area contributed by atoms with Crippen LogP contribution in [0.1, 0.15) is 29.7 Å². The average Bonchev–Trinajstić information content (AvgIpc) is 2.75. The molecule has 1 amide bonds. The van der Waals surface area contributed by atoms with Crippen molar-refractivity contribution in [3.8, 4) is 11.1 Å². The van der Waals surface area contributed by atoms with Gasteiger partial charge in [0.25, 0.3) is 5.56 Å². The highest BCUT2D eigenvalue weighted by atomic mass is 16.1. The van der Waals surface area contributed by atoms with Gasteiger partial charge in [0.2, 0.25) is 5.91 Å². The Kier molecular flexibility index (Phi) is 5.84. The number of hydrogen-bond donors (Lipinski definition) is 1. The maximum atomic E-state index is 12.3. The first-order valence-corrected chi connectivity index (χ1v) is 10.2. The number of nitrogens with zero attached hydrogens (tertiary/aromatic N) is 2. The van der Waals surface area contributed by atoms with Gasteiger partial charge in [0.1, 0.15) is 0 Å². The molecule has 1 aliphatic rings. The number of aromatic nitrogens is 2. The first kappa shape index (κ1) is 19.1. The summed E-state index contributed by atoms with van der Waals surface area (Å²) in [6, 6.07) is 19.9. The van der Waals surface area contributed by atoms with Gasteiger partial charge in [0.15, 0.2) is 0 Å². The summed E-state index contributed by atoms with van der Waals surface area (Å²) < 4.78 is 1.47. The van der Waals surface area contributed by atoms with Crippen LogP contribution in [0.4, 0.5) is 0 Å². The first-order valence-electron chi connectivity index (χ1n) is 10.2. The summed E-state index contributed by atoms with van der Waals surface area (Å²) in [5.74, 6) is -0.0523. The fraction of sp³-hybridized carbons (Fsp3) is 0.292. The number of nitrogens with one attached hydrogen (secondary N) is 1. The molecule has 1 N–H and O–H groups in total. The molecule has 1 aliphatic carbocycles. The van der Waals surface area contributed by atoms with Crippen molar-refractivity contribution >= 4 is 5.91 Å². The second kappa shape index (κ2) is 8.86. The Hall–Kier alpha value is -3.21. The highest BCUT2D eigenvalue weighted by Crippen LogP contribution is 2.19. The van der Waals surface area contributed by atoms with Crippen molar-refractivity contribution < 1.29 is 4.79 Å². The summed E-state index contributed by atoms with van der Waals surface area (Å²) >= 11 is 0. The zero-order valence-electron chi connectivity index (χ0n) is 16.4. The summed E-state index contributed by atoms with van der Waals surface area (Å²) in [5, 5.41) is 7.38. The van der Waals surface area contributed by atoms with Crippen molar-refractivity contribution in [2.24, 2.45) is 0 Å². The van der Waals surface area contributed by atoms with Gasteiger partial charge < -0.3 is 5.32 Å². The van der Waals surface area contributed by atoms with Crippen LogP contribution < -0.4 is 10.9 Å². The highest BCUT2D eigenvalue weighted by Gasteiger charge is 2.13. The van der Waals surface area contributed by atoms with Crippen molar-refractivity contribution in [2.45, 2.75) is 38.6 Å². The summed E-state index contributed by atoms with van der Waals surface area (Å²) in [5.41, 5.74) is 5.28. The maximum absolute atomic E-state index is 12.3. The van der Waals surface area contributed by atoms with Crippen LogP contribution in [0.15, 0.2) is 65.5 Å². The van der Waals surface area contributed by atoms with E-state index in [4.69, 9.17) is 0 Å². The molecule has 0 atom stereocenters. The van der Waals surface area contributed by atoms with Crippen LogP contribution >= 0.6 is 0 Å². The Bertz CT molecular complexity index is 1040. The van der Waals surface area contributed by atoms with Gasteiger partial charge in [0.05, 0.1) is 18.7 Å². The molecule has 5 nitrogen and oxygen atoms in total. The minimum Gasteiger partial charge on any atom is -0.354 e. The first-order chi connectivity index (χ1) is 14.2. The molecule has 5 heteroatoms. The van der Waals surface area contributed by atoms with Gasteiger partial charge >= 0.3 is 0 Å². The predicted molar refractivity (Wildman–Crippen MR) is 114 cm³/mol. The van der Waals surface area contributed by atoms with E-state index < -0.39 is 0 Å². The molecule has 0 fully saturated rings. The van der Waals surface area contributed by atoms with Crippen molar-refractivity contribution in [3.05, 3.63) is 87.8 Å².